The number of nitrogens with zero attached hydrogens (tertiary/aromatic N) is 2. The highest BCUT2D eigenvalue weighted by Gasteiger charge is 2.29. The number of carbonyl (C=O) groups excluding carboxylic acids is 2. The summed E-state index contributed by atoms with van der Waals surface area (Å²) in [4.78, 5) is 30.6. The van der Waals surface area contributed by atoms with E-state index in [0.29, 0.717) is 35.9 Å². The molecular weight excluding hydrogens is 404 g/mol. The van der Waals surface area contributed by atoms with Crippen molar-refractivity contribution in [1.82, 2.24) is 0 Å². The van der Waals surface area contributed by atoms with Gasteiger partial charge in [-0.05, 0) is 41.7 Å². The smallest absolute Gasteiger partial charge is 0.182 e. The van der Waals surface area contributed by atoms with E-state index in [-0.39, 0.29) is 23.7 Å². The summed E-state index contributed by atoms with van der Waals surface area (Å²) in [6.45, 7) is 6.89. The predicted octanol–water partition coefficient (Wildman–Crippen LogP) is 5.22. The van der Waals surface area contributed by atoms with E-state index >= 15 is 0 Å². The second-order valence-corrected chi connectivity index (χ2v) is 8.55. The number of Topliss-reactive ketones (excluding diaryl/α,β-unsaturated/α-hetero) is 1. The number of unbranched alkanes of at least 4 members (excludes halogenated alkanes) is 2. The molecule has 0 spiro atoms. The van der Waals surface area contributed by atoms with Crippen molar-refractivity contribution in [2.24, 2.45) is 10.9 Å². The van der Waals surface area contributed by atoms with Crippen LogP contribution in [0.25, 0.3) is 6.08 Å². The minimum Gasteiger partial charge on any atom is -0.503 e. The Morgan fingerprint density at radius 1 is 1.28 bits per heavy atom. The Bertz CT molecular complexity index is 1010. The van der Waals surface area contributed by atoms with Gasteiger partial charge in [0.2, 0.25) is 0 Å². The van der Waals surface area contributed by atoms with E-state index in [1.54, 1.807) is 12.1 Å². The fraction of sp³-hybridized carbons (Fsp3) is 0.423. The summed E-state index contributed by atoms with van der Waals surface area (Å²) in [6.07, 6.45) is 10.2. The molecule has 170 valence electrons. The van der Waals surface area contributed by atoms with Crippen molar-refractivity contribution in [2.45, 2.75) is 52.9 Å². The number of carbonyl (C=O) groups is 2. The van der Waals surface area contributed by atoms with Gasteiger partial charge in [-0.25, -0.2) is 0 Å². The molecule has 2 aliphatic heterocycles. The van der Waals surface area contributed by atoms with Crippen molar-refractivity contribution in [3.8, 4) is 11.5 Å². The zero-order chi connectivity index (χ0) is 23.3. The van der Waals surface area contributed by atoms with Crippen LogP contribution in [-0.2, 0) is 9.59 Å². The lowest BCUT2D eigenvalue weighted by atomic mass is 9.97. The molecule has 0 aromatic heterocycles. The third-order valence-electron chi connectivity index (χ3n) is 5.71. The lowest BCUT2D eigenvalue weighted by Gasteiger charge is -2.19. The number of phenols is 1. The van der Waals surface area contributed by atoms with E-state index in [9.17, 15) is 14.7 Å². The molecule has 3 rings (SSSR count). The number of allylic oxidation sites excluding steroid dienone is 2. The summed E-state index contributed by atoms with van der Waals surface area (Å²) in [6, 6.07) is 3.48. The van der Waals surface area contributed by atoms with Gasteiger partial charge in [-0.1, -0.05) is 39.7 Å². The lowest BCUT2D eigenvalue weighted by Crippen LogP contribution is -2.17. The summed E-state index contributed by atoms with van der Waals surface area (Å²) in [5.41, 5.74) is 4.54. The second-order valence-electron chi connectivity index (χ2n) is 8.55. The van der Waals surface area contributed by atoms with E-state index in [4.69, 9.17) is 4.74 Å². The monoisotopic (exact) mass is 436 g/mol. The molecule has 0 amide bonds. The number of ether oxygens (including phenoxy) is 1. The van der Waals surface area contributed by atoms with Gasteiger partial charge in [-0.15, -0.1) is 0 Å². The van der Waals surface area contributed by atoms with Gasteiger partial charge in [0.25, 0.3) is 0 Å². The number of fused-ring (bicyclic) bond motifs is 1. The third kappa shape index (κ3) is 5.36. The van der Waals surface area contributed by atoms with Crippen LogP contribution >= 0.6 is 0 Å². The maximum atomic E-state index is 12.2. The lowest BCUT2D eigenvalue weighted by molar-refractivity contribution is -0.124. The SMILES string of the molecule is CCCCCC(=O)CC(=O)C=Cc1cc(OC)c(O)c(N2C=C3C(C(C)C)=CN=C3C2)c1. The summed E-state index contributed by atoms with van der Waals surface area (Å²) in [5.74, 6) is 0.466. The Labute approximate surface area is 190 Å². The van der Waals surface area contributed by atoms with Gasteiger partial charge in [0.1, 0.15) is 5.78 Å². The van der Waals surface area contributed by atoms with Crippen molar-refractivity contribution in [1.29, 1.82) is 0 Å². The molecular formula is C26H32N2O4. The van der Waals surface area contributed by atoms with Gasteiger partial charge in [-0.3, -0.25) is 14.6 Å². The van der Waals surface area contributed by atoms with E-state index in [0.717, 1.165) is 30.5 Å². The number of ketones is 2. The quantitative estimate of drug-likeness (QED) is 0.292. The van der Waals surface area contributed by atoms with E-state index in [1.165, 1.54) is 18.8 Å². The summed E-state index contributed by atoms with van der Waals surface area (Å²) in [5, 5.41) is 10.7. The van der Waals surface area contributed by atoms with Crippen LogP contribution in [0.1, 0.15) is 58.4 Å². The number of hydrogen-bond donors (Lipinski definition) is 1. The summed E-state index contributed by atoms with van der Waals surface area (Å²) in [7, 11) is 1.49. The Hall–Kier alpha value is -3.15. The highest BCUT2D eigenvalue weighted by molar-refractivity contribution is 6.12. The van der Waals surface area contributed by atoms with Gasteiger partial charge >= 0.3 is 0 Å². The first-order chi connectivity index (χ1) is 15.3. The molecule has 0 aliphatic carbocycles. The van der Waals surface area contributed by atoms with Crippen LogP contribution in [0.15, 0.2) is 46.7 Å². The summed E-state index contributed by atoms with van der Waals surface area (Å²) < 4.78 is 5.35. The second kappa shape index (κ2) is 10.4. The van der Waals surface area contributed by atoms with Crippen LogP contribution in [-0.4, -0.2) is 36.0 Å². The number of phenolic OH excluding ortho intramolecular Hbond substituents is 1. The average Bonchev–Trinajstić information content (AvgIpc) is 3.33. The molecule has 32 heavy (non-hydrogen) atoms. The zero-order valence-corrected chi connectivity index (χ0v) is 19.4. The first-order valence-corrected chi connectivity index (χ1v) is 11.2. The summed E-state index contributed by atoms with van der Waals surface area (Å²) >= 11 is 0. The van der Waals surface area contributed by atoms with Crippen LogP contribution < -0.4 is 9.64 Å². The molecule has 0 radical (unpaired) electrons. The maximum Gasteiger partial charge on any atom is 0.182 e. The van der Waals surface area contributed by atoms with E-state index in [2.05, 4.69) is 25.8 Å². The van der Waals surface area contributed by atoms with Crippen LogP contribution in [0, 0.1) is 5.92 Å². The molecule has 2 heterocycles. The van der Waals surface area contributed by atoms with Gasteiger partial charge in [0.15, 0.2) is 17.3 Å². The molecule has 0 saturated carbocycles. The standard InChI is InChI=1S/C26H32N2O4/c1-5-6-7-8-19(29)13-20(30)10-9-18-11-24(26(31)25(12-18)32-4)28-15-22-21(17(2)3)14-27-23(22)16-28/h9-12,14-15,17,31H,5-8,13,16H2,1-4H3. The van der Waals surface area contributed by atoms with Gasteiger partial charge in [0.05, 0.1) is 31.5 Å². The molecule has 6 heteroatoms. The predicted molar refractivity (Wildman–Crippen MR) is 128 cm³/mol. The fourth-order valence-electron chi connectivity index (χ4n) is 3.89. The van der Waals surface area contributed by atoms with Gasteiger partial charge in [-0.2, -0.15) is 0 Å². The molecule has 0 unspecified atom stereocenters. The molecule has 0 saturated heterocycles. The van der Waals surface area contributed by atoms with E-state index < -0.39 is 0 Å². The number of methoxy groups -OCH3 is 1. The van der Waals surface area contributed by atoms with Crippen LogP contribution in [0.4, 0.5) is 5.69 Å². The number of anilines is 1. The number of aliphatic imine (C=N–C) groups is 1. The molecule has 1 aromatic carbocycles. The third-order valence-corrected chi connectivity index (χ3v) is 5.71. The Morgan fingerprint density at radius 2 is 2.06 bits per heavy atom. The van der Waals surface area contributed by atoms with Crippen molar-refractivity contribution >= 4 is 29.0 Å². The molecule has 2 aliphatic rings. The number of hydrogen-bond acceptors (Lipinski definition) is 6. The zero-order valence-electron chi connectivity index (χ0n) is 19.4. The Morgan fingerprint density at radius 3 is 2.75 bits per heavy atom. The maximum absolute atomic E-state index is 12.2. The van der Waals surface area contributed by atoms with Crippen LogP contribution in [0.5, 0.6) is 11.5 Å². The van der Waals surface area contributed by atoms with Crippen molar-refractivity contribution < 1.29 is 19.4 Å². The molecule has 0 fully saturated rings. The van der Waals surface area contributed by atoms with Crippen molar-refractivity contribution in [3.05, 3.63) is 47.3 Å². The first-order valence-electron chi connectivity index (χ1n) is 11.2. The van der Waals surface area contributed by atoms with E-state index in [1.807, 2.05) is 23.4 Å². The molecule has 0 bridgehead atoms. The van der Waals surface area contributed by atoms with Crippen LogP contribution in [0.2, 0.25) is 0 Å². The van der Waals surface area contributed by atoms with Crippen molar-refractivity contribution in [3.63, 3.8) is 0 Å². The molecule has 1 aromatic rings. The highest BCUT2D eigenvalue weighted by atomic mass is 16.5. The minimum absolute atomic E-state index is 0.0258. The molecule has 6 nitrogen and oxygen atoms in total. The number of benzene rings is 1. The Kier molecular flexibility index (Phi) is 7.67. The van der Waals surface area contributed by atoms with Crippen LogP contribution in [0.3, 0.4) is 0 Å². The van der Waals surface area contributed by atoms with Gasteiger partial charge in [0, 0.05) is 24.4 Å². The first kappa shape index (κ1) is 23.5. The molecule has 0 atom stereocenters. The normalized spacial score (nSPS) is 15.2. The highest BCUT2D eigenvalue weighted by Crippen LogP contribution is 2.41. The van der Waals surface area contributed by atoms with Crippen molar-refractivity contribution in [2.75, 3.05) is 18.6 Å². The van der Waals surface area contributed by atoms with Gasteiger partial charge < -0.3 is 14.7 Å². The topological polar surface area (TPSA) is 79.2 Å². The molecule has 1 N–H and O–H groups in total. The fourth-order valence-corrected chi connectivity index (χ4v) is 3.89. The average molecular weight is 437 g/mol. The number of rotatable bonds is 11. The Balaban J connectivity index is 1.77. The largest absolute Gasteiger partial charge is 0.503 e. The number of aromatic hydroxyl groups is 1. The minimum atomic E-state index is -0.223.